The smallest absolute Gasteiger partial charge is 0.133 e. The third-order valence-electron chi connectivity index (χ3n) is 2.32. The lowest BCUT2D eigenvalue weighted by Crippen LogP contribution is -1.81. The molecule has 0 aliphatic heterocycles. The molecule has 0 bridgehead atoms. The zero-order valence-electron chi connectivity index (χ0n) is 8.38. The highest BCUT2D eigenvalue weighted by atomic mass is 16.3. The van der Waals surface area contributed by atoms with Crippen molar-refractivity contribution in [2.45, 2.75) is 0 Å². The highest BCUT2D eigenvalue weighted by Crippen LogP contribution is 2.26. The van der Waals surface area contributed by atoms with Crippen LogP contribution in [-0.4, -0.2) is 10.2 Å². The maximum atomic E-state index is 9.36. The van der Waals surface area contributed by atoms with Gasteiger partial charge in [0.2, 0.25) is 0 Å². The number of nitrogens with zero attached hydrogens (tertiary/aromatic N) is 1. The van der Waals surface area contributed by atoms with Crippen LogP contribution < -0.4 is 0 Å². The molecule has 0 radical (unpaired) electrons. The minimum absolute atomic E-state index is 0.0231. The number of benzene rings is 2. The normalized spacial score (nSPS) is 9.69. The fourth-order valence-corrected chi connectivity index (χ4v) is 1.46. The van der Waals surface area contributed by atoms with Crippen LogP contribution in [0.3, 0.4) is 0 Å². The topological polar surface area (TPSA) is 64.2 Å². The number of phenolic OH excluding ortho intramolecular Hbond substituents is 2. The highest BCUT2D eigenvalue weighted by Gasteiger charge is 2.03. The summed E-state index contributed by atoms with van der Waals surface area (Å²) in [5.41, 5.74) is 1.95. The summed E-state index contributed by atoms with van der Waals surface area (Å²) >= 11 is 0. The zero-order valence-corrected chi connectivity index (χ0v) is 8.38. The molecule has 0 unspecified atom stereocenters. The molecule has 2 aromatic carbocycles. The molecule has 2 aromatic rings. The van der Waals surface area contributed by atoms with Gasteiger partial charge in [-0.3, -0.25) is 0 Å². The predicted molar refractivity (Wildman–Crippen MR) is 59.9 cm³/mol. The maximum absolute atomic E-state index is 9.36. The van der Waals surface area contributed by atoms with Crippen molar-refractivity contribution in [1.29, 1.82) is 5.26 Å². The Kier molecular flexibility index (Phi) is 2.49. The Labute approximate surface area is 92.8 Å². The van der Waals surface area contributed by atoms with Crippen LogP contribution in [-0.2, 0) is 0 Å². The molecule has 0 atom stereocenters. The van der Waals surface area contributed by atoms with Crippen LogP contribution in [0.25, 0.3) is 11.1 Å². The van der Waals surface area contributed by atoms with Gasteiger partial charge < -0.3 is 10.2 Å². The first kappa shape index (κ1) is 10.1. The molecule has 3 heteroatoms. The Hall–Kier alpha value is -2.47. The molecular weight excluding hydrogens is 202 g/mol. The molecule has 0 aliphatic carbocycles. The number of hydrogen-bond acceptors (Lipinski definition) is 3. The van der Waals surface area contributed by atoms with E-state index in [4.69, 9.17) is 10.4 Å². The Morgan fingerprint density at radius 1 is 0.875 bits per heavy atom. The third kappa shape index (κ3) is 1.82. The fraction of sp³-hybridized carbons (Fsp3) is 0. The molecule has 0 aliphatic rings. The summed E-state index contributed by atoms with van der Waals surface area (Å²) in [6.07, 6.45) is 0. The molecule has 2 N–H and O–H groups in total. The second-order valence-electron chi connectivity index (χ2n) is 3.39. The average Bonchev–Trinajstić information content (AvgIpc) is 2.31. The molecule has 0 heterocycles. The molecule has 0 amide bonds. The Balaban J connectivity index is 2.49. The summed E-state index contributed by atoms with van der Waals surface area (Å²) in [6, 6.07) is 13.4. The van der Waals surface area contributed by atoms with Crippen molar-refractivity contribution in [2.24, 2.45) is 0 Å². The van der Waals surface area contributed by atoms with Crippen LogP contribution >= 0.6 is 0 Å². The molecule has 2 rings (SSSR count). The molecule has 78 valence electrons. The van der Waals surface area contributed by atoms with Gasteiger partial charge in [-0.25, -0.2) is 0 Å². The van der Waals surface area contributed by atoms with Crippen molar-refractivity contribution in [2.75, 3.05) is 0 Å². The van der Waals surface area contributed by atoms with Crippen molar-refractivity contribution in [3.8, 4) is 28.7 Å². The van der Waals surface area contributed by atoms with Crippen LogP contribution in [0, 0.1) is 11.3 Å². The van der Waals surface area contributed by atoms with E-state index < -0.39 is 0 Å². The molecular formula is C13H9NO2. The van der Waals surface area contributed by atoms with Gasteiger partial charge in [-0.1, -0.05) is 18.2 Å². The van der Waals surface area contributed by atoms with Gasteiger partial charge in [0.25, 0.3) is 0 Å². The molecule has 0 saturated carbocycles. The molecule has 16 heavy (non-hydrogen) atoms. The van der Waals surface area contributed by atoms with Crippen molar-refractivity contribution < 1.29 is 10.2 Å². The summed E-state index contributed by atoms with van der Waals surface area (Å²) in [4.78, 5) is 0. The van der Waals surface area contributed by atoms with Crippen LogP contribution in [0.1, 0.15) is 5.56 Å². The van der Waals surface area contributed by atoms with E-state index in [1.807, 2.05) is 6.07 Å². The van der Waals surface area contributed by atoms with Gasteiger partial charge in [-0.2, -0.15) is 5.26 Å². The highest BCUT2D eigenvalue weighted by molar-refractivity contribution is 5.67. The number of hydrogen-bond donors (Lipinski definition) is 2. The number of phenols is 2. The summed E-state index contributed by atoms with van der Waals surface area (Å²) in [5.74, 6) is 0.174. The first-order chi connectivity index (χ1) is 7.70. The minimum Gasteiger partial charge on any atom is -0.508 e. The lowest BCUT2D eigenvalue weighted by Gasteiger charge is -2.03. The molecule has 0 fully saturated rings. The van der Waals surface area contributed by atoms with Crippen molar-refractivity contribution >= 4 is 0 Å². The van der Waals surface area contributed by atoms with Gasteiger partial charge in [0, 0.05) is 0 Å². The summed E-state index contributed by atoms with van der Waals surface area (Å²) in [7, 11) is 0. The Morgan fingerprint density at radius 3 is 2.12 bits per heavy atom. The summed E-state index contributed by atoms with van der Waals surface area (Å²) in [5, 5.41) is 27.3. The van der Waals surface area contributed by atoms with Crippen LogP contribution in [0.2, 0.25) is 0 Å². The van der Waals surface area contributed by atoms with Crippen LogP contribution in [0.5, 0.6) is 11.5 Å². The number of aromatic hydroxyl groups is 2. The zero-order chi connectivity index (χ0) is 11.5. The van der Waals surface area contributed by atoms with Gasteiger partial charge in [-0.05, 0) is 35.4 Å². The van der Waals surface area contributed by atoms with E-state index in [1.165, 1.54) is 6.07 Å². The van der Waals surface area contributed by atoms with E-state index in [0.717, 1.165) is 11.1 Å². The molecule has 0 spiro atoms. The Bertz CT molecular complexity index is 553. The van der Waals surface area contributed by atoms with E-state index >= 15 is 0 Å². The molecule has 3 nitrogen and oxygen atoms in total. The van der Waals surface area contributed by atoms with E-state index in [0.29, 0.717) is 0 Å². The van der Waals surface area contributed by atoms with Gasteiger partial charge in [-0.15, -0.1) is 0 Å². The first-order valence-corrected chi connectivity index (χ1v) is 4.73. The van der Waals surface area contributed by atoms with Gasteiger partial charge in [0.15, 0.2) is 0 Å². The average molecular weight is 211 g/mol. The van der Waals surface area contributed by atoms with E-state index in [1.54, 1.807) is 36.4 Å². The lowest BCUT2D eigenvalue weighted by atomic mass is 10.0. The minimum atomic E-state index is -0.0231. The lowest BCUT2D eigenvalue weighted by molar-refractivity contribution is 0.473. The standard InChI is InChI=1S/C13H9NO2/c14-8-11-7-10(3-6-13(11)16)9-1-4-12(15)5-2-9/h1-7,15-16H. The number of nitriles is 1. The number of rotatable bonds is 1. The molecule has 0 aromatic heterocycles. The third-order valence-corrected chi connectivity index (χ3v) is 2.32. The monoisotopic (exact) mass is 211 g/mol. The van der Waals surface area contributed by atoms with Gasteiger partial charge in [0.05, 0.1) is 5.56 Å². The maximum Gasteiger partial charge on any atom is 0.133 e. The quantitative estimate of drug-likeness (QED) is 0.762. The van der Waals surface area contributed by atoms with E-state index in [2.05, 4.69) is 0 Å². The second kappa shape index (κ2) is 3.95. The molecule has 0 saturated heterocycles. The van der Waals surface area contributed by atoms with Crippen molar-refractivity contribution in [1.82, 2.24) is 0 Å². The summed E-state index contributed by atoms with van der Waals surface area (Å²) in [6.45, 7) is 0. The largest absolute Gasteiger partial charge is 0.508 e. The second-order valence-corrected chi connectivity index (χ2v) is 3.39. The van der Waals surface area contributed by atoms with Gasteiger partial charge in [0.1, 0.15) is 17.6 Å². The SMILES string of the molecule is N#Cc1cc(-c2ccc(O)cc2)ccc1O. The van der Waals surface area contributed by atoms with Crippen LogP contribution in [0.4, 0.5) is 0 Å². The van der Waals surface area contributed by atoms with Crippen LogP contribution in [0.15, 0.2) is 42.5 Å². The predicted octanol–water partition coefficient (Wildman–Crippen LogP) is 2.64. The van der Waals surface area contributed by atoms with E-state index in [-0.39, 0.29) is 17.1 Å². The fourth-order valence-electron chi connectivity index (χ4n) is 1.46. The van der Waals surface area contributed by atoms with Crippen molar-refractivity contribution in [3.05, 3.63) is 48.0 Å². The van der Waals surface area contributed by atoms with Gasteiger partial charge >= 0.3 is 0 Å². The summed E-state index contributed by atoms with van der Waals surface area (Å²) < 4.78 is 0. The Morgan fingerprint density at radius 2 is 1.50 bits per heavy atom. The van der Waals surface area contributed by atoms with E-state index in [9.17, 15) is 5.11 Å². The first-order valence-electron chi connectivity index (χ1n) is 4.73. The van der Waals surface area contributed by atoms with Crippen molar-refractivity contribution in [3.63, 3.8) is 0 Å².